The summed E-state index contributed by atoms with van der Waals surface area (Å²) in [4.78, 5) is 11.3. The molecule has 0 N–H and O–H groups in total. The van der Waals surface area contributed by atoms with Gasteiger partial charge in [-0.2, -0.15) is 0 Å². The van der Waals surface area contributed by atoms with E-state index in [0.29, 0.717) is 19.4 Å². The Morgan fingerprint density at radius 2 is 2.07 bits per heavy atom. The van der Waals surface area contributed by atoms with E-state index >= 15 is 0 Å². The van der Waals surface area contributed by atoms with Crippen molar-refractivity contribution in [2.24, 2.45) is 0 Å². The van der Waals surface area contributed by atoms with Crippen LogP contribution in [-0.4, -0.2) is 12.4 Å². The molecule has 15 heavy (non-hydrogen) atoms. The average molecular weight is 202 g/mol. The van der Waals surface area contributed by atoms with Crippen LogP contribution in [0.3, 0.4) is 0 Å². The van der Waals surface area contributed by atoms with Gasteiger partial charge in [-0.05, 0) is 24.3 Å². The Balaban J connectivity index is 2.57. The second-order valence-electron chi connectivity index (χ2n) is 3.10. The molecule has 0 radical (unpaired) electrons. The van der Waals surface area contributed by atoms with E-state index in [1.807, 2.05) is 6.92 Å². The van der Waals surface area contributed by atoms with E-state index < -0.39 is 0 Å². The number of terminal acetylenes is 1. The molecule has 0 aliphatic carbocycles. The molecule has 0 amide bonds. The Hall–Kier alpha value is -1.75. The van der Waals surface area contributed by atoms with Gasteiger partial charge in [-0.15, -0.1) is 12.3 Å². The van der Waals surface area contributed by atoms with E-state index in [0.717, 1.165) is 11.3 Å². The molecule has 0 fully saturated rings. The van der Waals surface area contributed by atoms with Crippen LogP contribution in [0, 0.1) is 12.3 Å². The number of benzene rings is 1. The Bertz CT molecular complexity index is 357. The quantitative estimate of drug-likeness (QED) is 0.417. The predicted octanol–water partition coefficient (Wildman–Crippen LogP) is 2.68. The third-order valence-electron chi connectivity index (χ3n) is 2.01. The van der Waals surface area contributed by atoms with Gasteiger partial charge in [-0.25, -0.2) is 0 Å². The topological polar surface area (TPSA) is 26.3 Å². The summed E-state index contributed by atoms with van der Waals surface area (Å²) >= 11 is 0. The molecule has 0 saturated heterocycles. The number of hydrogen-bond acceptors (Lipinski definition) is 2. The first-order valence-electron chi connectivity index (χ1n) is 4.97. The van der Waals surface area contributed by atoms with Crippen molar-refractivity contribution in [2.75, 3.05) is 6.61 Å². The lowest BCUT2D eigenvalue weighted by Gasteiger charge is -2.04. The molecule has 0 unspecified atom stereocenters. The largest absolute Gasteiger partial charge is 0.493 e. The van der Waals surface area contributed by atoms with Gasteiger partial charge < -0.3 is 4.74 Å². The fourth-order valence-corrected chi connectivity index (χ4v) is 1.17. The van der Waals surface area contributed by atoms with E-state index in [2.05, 4.69) is 5.92 Å². The zero-order valence-electron chi connectivity index (χ0n) is 8.82. The van der Waals surface area contributed by atoms with Gasteiger partial charge in [0.2, 0.25) is 0 Å². The maximum absolute atomic E-state index is 11.3. The SMILES string of the molecule is C#CCCOc1ccc(C(=O)CC)cc1. The van der Waals surface area contributed by atoms with Crippen LogP contribution in [0.15, 0.2) is 24.3 Å². The average Bonchev–Trinajstić information content (AvgIpc) is 2.29. The lowest BCUT2D eigenvalue weighted by molar-refractivity contribution is 0.0988. The molecule has 2 nitrogen and oxygen atoms in total. The van der Waals surface area contributed by atoms with Crippen LogP contribution in [0.25, 0.3) is 0 Å². The van der Waals surface area contributed by atoms with E-state index in [9.17, 15) is 4.79 Å². The molecule has 0 aliphatic rings. The number of carbonyl (C=O) groups excluding carboxylic acids is 1. The number of Topliss-reactive ketones (excluding diaryl/α,β-unsaturated/α-hetero) is 1. The molecule has 1 rings (SSSR count). The summed E-state index contributed by atoms with van der Waals surface area (Å²) in [6.07, 6.45) is 6.22. The minimum absolute atomic E-state index is 0.144. The van der Waals surface area contributed by atoms with Crippen LogP contribution < -0.4 is 4.74 Å². The van der Waals surface area contributed by atoms with Crippen LogP contribution in [-0.2, 0) is 0 Å². The molecule has 0 aromatic heterocycles. The standard InChI is InChI=1S/C13H14O2/c1-3-5-10-15-12-8-6-11(7-9-12)13(14)4-2/h1,6-9H,4-5,10H2,2H3. The summed E-state index contributed by atoms with van der Waals surface area (Å²) in [5.74, 6) is 3.39. The van der Waals surface area contributed by atoms with Gasteiger partial charge in [-0.3, -0.25) is 4.79 Å². The number of ether oxygens (including phenoxy) is 1. The Morgan fingerprint density at radius 3 is 2.60 bits per heavy atom. The van der Waals surface area contributed by atoms with Crippen LogP contribution in [0.5, 0.6) is 5.75 Å². The zero-order valence-corrected chi connectivity index (χ0v) is 8.82. The van der Waals surface area contributed by atoms with Gasteiger partial charge in [-0.1, -0.05) is 6.92 Å². The van der Waals surface area contributed by atoms with E-state index in [-0.39, 0.29) is 5.78 Å². The lowest BCUT2D eigenvalue weighted by Crippen LogP contribution is -1.98. The normalized spacial score (nSPS) is 9.33. The van der Waals surface area contributed by atoms with E-state index in [4.69, 9.17) is 11.2 Å². The summed E-state index contributed by atoms with van der Waals surface area (Å²) in [6.45, 7) is 2.36. The summed E-state index contributed by atoms with van der Waals surface area (Å²) in [5, 5.41) is 0. The third kappa shape index (κ3) is 3.47. The highest BCUT2D eigenvalue weighted by Gasteiger charge is 2.02. The minimum atomic E-state index is 0.144. The van der Waals surface area contributed by atoms with Crippen molar-refractivity contribution < 1.29 is 9.53 Å². The smallest absolute Gasteiger partial charge is 0.162 e. The zero-order chi connectivity index (χ0) is 11.1. The fourth-order valence-electron chi connectivity index (χ4n) is 1.17. The maximum atomic E-state index is 11.3. The van der Waals surface area contributed by atoms with Crippen molar-refractivity contribution in [3.63, 3.8) is 0 Å². The van der Waals surface area contributed by atoms with Crippen LogP contribution in [0.2, 0.25) is 0 Å². The summed E-state index contributed by atoms with van der Waals surface area (Å²) in [6, 6.07) is 7.13. The van der Waals surface area contributed by atoms with Crippen LogP contribution in [0.1, 0.15) is 30.1 Å². The fraction of sp³-hybridized carbons (Fsp3) is 0.308. The number of carbonyl (C=O) groups is 1. The first kappa shape index (κ1) is 11.3. The molecule has 1 aromatic carbocycles. The van der Waals surface area contributed by atoms with Crippen molar-refractivity contribution in [3.8, 4) is 18.1 Å². The third-order valence-corrected chi connectivity index (χ3v) is 2.01. The van der Waals surface area contributed by atoms with E-state index in [1.165, 1.54) is 0 Å². The first-order chi connectivity index (χ1) is 7.27. The molecule has 1 aromatic rings. The van der Waals surface area contributed by atoms with Gasteiger partial charge >= 0.3 is 0 Å². The number of ketones is 1. The molecular weight excluding hydrogens is 188 g/mol. The summed E-state index contributed by atoms with van der Waals surface area (Å²) in [5.41, 5.74) is 0.724. The molecule has 0 heterocycles. The van der Waals surface area contributed by atoms with Crippen LogP contribution in [0.4, 0.5) is 0 Å². The van der Waals surface area contributed by atoms with Crippen molar-refractivity contribution in [2.45, 2.75) is 19.8 Å². The molecule has 0 aliphatic heterocycles. The minimum Gasteiger partial charge on any atom is -0.493 e. The van der Waals surface area contributed by atoms with Gasteiger partial charge in [0, 0.05) is 18.4 Å². The highest BCUT2D eigenvalue weighted by Crippen LogP contribution is 2.13. The maximum Gasteiger partial charge on any atom is 0.162 e. The van der Waals surface area contributed by atoms with Gasteiger partial charge in [0.05, 0.1) is 6.61 Å². The number of hydrogen-bond donors (Lipinski definition) is 0. The Labute approximate surface area is 90.3 Å². The molecular formula is C13H14O2. The Morgan fingerprint density at radius 1 is 1.40 bits per heavy atom. The molecule has 0 saturated carbocycles. The summed E-state index contributed by atoms with van der Waals surface area (Å²) < 4.78 is 5.36. The molecule has 2 heteroatoms. The molecule has 0 atom stereocenters. The van der Waals surface area contributed by atoms with Gasteiger partial charge in [0.25, 0.3) is 0 Å². The predicted molar refractivity (Wildman–Crippen MR) is 60.0 cm³/mol. The molecule has 78 valence electrons. The van der Waals surface area contributed by atoms with Crippen molar-refractivity contribution in [1.29, 1.82) is 0 Å². The Kier molecular flexibility index (Phi) is 4.43. The molecule has 0 spiro atoms. The summed E-state index contributed by atoms with van der Waals surface area (Å²) in [7, 11) is 0. The first-order valence-corrected chi connectivity index (χ1v) is 4.97. The van der Waals surface area contributed by atoms with Crippen LogP contribution >= 0.6 is 0 Å². The van der Waals surface area contributed by atoms with Crippen molar-refractivity contribution in [1.82, 2.24) is 0 Å². The van der Waals surface area contributed by atoms with E-state index in [1.54, 1.807) is 24.3 Å². The number of rotatable bonds is 5. The van der Waals surface area contributed by atoms with Crippen molar-refractivity contribution >= 4 is 5.78 Å². The monoisotopic (exact) mass is 202 g/mol. The van der Waals surface area contributed by atoms with Gasteiger partial charge in [0.15, 0.2) is 5.78 Å². The van der Waals surface area contributed by atoms with Gasteiger partial charge in [0.1, 0.15) is 5.75 Å². The highest BCUT2D eigenvalue weighted by atomic mass is 16.5. The lowest BCUT2D eigenvalue weighted by atomic mass is 10.1. The van der Waals surface area contributed by atoms with Crippen molar-refractivity contribution in [3.05, 3.63) is 29.8 Å². The second-order valence-corrected chi connectivity index (χ2v) is 3.10. The second kappa shape index (κ2) is 5.87. The highest BCUT2D eigenvalue weighted by molar-refractivity contribution is 5.95. The molecule has 0 bridgehead atoms.